The van der Waals surface area contributed by atoms with Crippen LogP contribution in [0.4, 0.5) is 18.9 Å². The molecular weight excluding hydrogens is 528 g/mol. The van der Waals surface area contributed by atoms with Gasteiger partial charge in [0.05, 0.1) is 31.5 Å². The second kappa shape index (κ2) is 8.39. The van der Waals surface area contributed by atoms with Crippen molar-refractivity contribution >= 4 is 72.1 Å². The summed E-state index contributed by atoms with van der Waals surface area (Å²) in [5, 5.41) is 0.844. The first-order valence-electron chi connectivity index (χ1n) is 8.70. The number of rotatable bonds is 4. The highest BCUT2D eigenvalue weighted by molar-refractivity contribution is 7.92. The minimum Gasteiger partial charge on any atom is -0.280 e. The average Bonchev–Trinajstić information content (AvgIpc) is 3.09. The van der Waals surface area contributed by atoms with E-state index in [0.717, 1.165) is 10.8 Å². The fraction of sp³-hybridized carbons (Fsp3) is 0.0500. The van der Waals surface area contributed by atoms with Crippen LogP contribution >= 0.6 is 46.1 Å². The topological polar surface area (TPSA) is 59.1 Å². The molecule has 0 fully saturated rings. The van der Waals surface area contributed by atoms with Crippen molar-refractivity contribution in [1.29, 1.82) is 0 Å². The number of hydrogen-bond acceptors (Lipinski definition) is 4. The van der Waals surface area contributed by atoms with E-state index in [1.807, 2.05) is 6.07 Å². The highest BCUT2D eigenvalue weighted by atomic mass is 35.5. The number of thiazole rings is 1. The molecule has 1 heterocycles. The largest absolute Gasteiger partial charge is 0.416 e. The number of halogens is 6. The molecule has 4 nitrogen and oxygen atoms in total. The van der Waals surface area contributed by atoms with Gasteiger partial charge in [-0.1, -0.05) is 34.8 Å². The molecule has 0 bridgehead atoms. The first kappa shape index (κ1) is 23.1. The van der Waals surface area contributed by atoms with Gasteiger partial charge in [0.25, 0.3) is 10.0 Å². The van der Waals surface area contributed by atoms with Crippen molar-refractivity contribution in [1.82, 2.24) is 4.98 Å². The van der Waals surface area contributed by atoms with E-state index < -0.39 is 31.7 Å². The lowest BCUT2D eigenvalue weighted by Gasteiger charge is -2.13. The van der Waals surface area contributed by atoms with Gasteiger partial charge in [0, 0.05) is 10.6 Å². The molecule has 0 aliphatic carbocycles. The molecule has 1 aromatic heterocycles. The van der Waals surface area contributed by atoms with Gasteiger partial charge in [-0.2, -0.15) is 13.2 Å². The van der Waals surface area contributed by atoms with Crippen molar-refractivity contribution in [2.24, 2.45) is 0 Å². The maximum absolute atomic E-state index is 12.8. The summed E-state index contributed by atoms with van der Waals surface area (Å²) in [5.41, 5.74) is 0.347. The molecule has 4 rings (SSSR count). The van der Waals surface area contributed by atoms with E-state index in [2.05, 4.69) is 9.71 Å². The molecule has 0 unspecified atom stereocenters. The van der Waals surface area contributed by atoms with Crippen LogP contribution in [0.3, 0.4) is 0 Å². The van der Waals surface area contributed by atoms with Gasteiger partial charge in [-0.05, 0) is 54.6 Å². The van der Waals surface area contributed by atoms with Crippen LogP contribution < -0.4 is 4.72 Å². The van der Waals surface area contributed by atoms with E-state index in [1.54, 1.807) is 18.2 Å². The summed E-state index contributed by atoms with van der Waals surface area (Å²) >= 11 is 19.5. The third-order valence-electron chi connectivity index (χ3n) is 4.35. The normalized spacial score (nSPS) is 12.3. The summed E-state index contributed by atoms with van der Waals surface area (Å²) in [7, 11) is -4.26. The van der Waals surface area contributed by atoms with E-state index in [4.69, 9.17) is 34.8 Å². The van der Waals surface area contributed by atoms with Gasteiger partial charge < -0.3 is 0 Å². The Hall–Kier alpha value is -2.04. The smallest absolute Gasteiger partial charge is 0.280 e. The molecule has 3 aromatic carbocycles. The van der Waals surface area contributed by atoms with Crippen LogP contribution in [0.2, 0.25) is 15.1 Å². The summed E-state index contributed by atoms with van der Waals surface area (Å²) in [6, 6.07) is 11.8. The van der Waals surface area contributed by atoms with E-state index in [0.29, 0.717) is 33.2 Å². The third kappa shape index (κ3) is 4.67. The monoisotopic (exact) mass is 536 g/mol. The van der Waals surface area contributed by atoms with E-state index in [9.17, 15) is 21.6 Å². The Morgan fingerprint density at radius 2 is 1.66 bits per heavy atom. The highest BCUT2D eigenvalue weighted by Crippen LogP contribution is 2.37. The SMILES string of the molecule is O=S(=O)(Nc1ccc(-c2nc3cc(Cl)ccc3s2)c(Cl)c1)c1ccc(C(F)(F)F)cc1Cl. The van der Waals surface area contributed by atoms with Gasteiger partial charge in [-0.25, -0.2) is 13.4 Å². The number of sulfonamides is 1. The maximum atomic E-state index is 12.8. The van der Waals surface area contributed by atoms with Crippen molar-refractivity contribution in [3.8, 4) is 10.6 Å². The third-order valence-corrected chi connectivity index (χ3v) is 7.83. The van der Waals surface area contributed by atoms with E-state index >= 15 is 0 Å². The zero-order chi connectivity index (χ0) is 23.3. The van der Waals surface area contributed by atoms with E-state index in [1.165, 1.54) is 23.5 Å². The molecule has 12 heteroatoms. The second-order valence-electron chi connectivity index (χ2n) is 6.57. The lowest BCUT2D eigenvalue weighted by Crippen LogP contribution is -2.14. The molecule has 0 saturated carbocycles. The molecular formula is C20H10Cl3F3N2O2S2. The van der Waals surface area contributed by atoms with Crippen molar-refractivity contribution in [3.63, 3.8) is 0 Å². The molecule has 0 atom stereocenters. The summed E-state index contributed by atoms with van der Waals surface area (Å²) in [4.78, 5) is 4.01. The Kier molecular flexibility index (Phi) is 6.06. The second-order valence-corrected chi connectivity index (χ2v) is 10.5. The fourth-order valence-corrected chi connectivity index (χ4v) is 5.95. The quantitative estimate of drug-likeness (QED) is 0.290. The van der Waals surface area contributed by atoms with Crippen LogP contribution in [-0.2, 0) is 16.2 Å². The van der Waals surface area contributed by atoms with Gasteiger partial charge in [-0.15, -0.1) is 11.3 Å². The fourth-order valence-electron chi connectivity index (χ4n) is 2.87. The summed E-state index contributed by atoms with van der Waals surface area (Å²) in [5.74, 6) is 0. The van der Waals surface area contributed by atoms with Gasteiger partial charge in [0.1, 0.15) is 9.90 Å². The zero-order valence-corrected chi connectivity index (χ0v) is 19.4. The summed E-state index contributed by atoms with van der Waals surface area (Å²) in [6.07, 6.45) is -4.64. The summed E-state index contributed by atoms with van der Waals surface area (Å²) < 4.78 is 66.9. The Labute approximate surface area is 199 Å². The number of benzene rings is 3. The molecule has 0 aliphatic heterocycles. The molecule has 0 aliphatic rings. The molecule has 4 aromatic rings. The van der Waals surface area contributed by atoms with Crippen LogP contribution in [0.1, 0.15) is 5.56 Å². The van der Waals surface area contributed by atoms with Crippen LogP contribution in [0.5, 0.6) is 0 Å². The average molecular weight is 538 g/mol. The molecule has 0 saturated heterocycles. The zero-order valence-electron chi connectivity index (χ0n) is 15.5. The first-order valence-corrected chi connectivity index (χ1v) is 12.1. The Morgan fingerprint density at radius 3 is 2.31 bits per heavy atom. The number of fused-ring (bicyclic) bond motifs is 1. The van der Waals surface area contributed by atoms with Gasteiger partial charge in [0.2, 0.25) is 0 Å². The van der Waals surface area contributed by atoms with Crippen molar-refractivity contribution in [3.05, 3.63) is 75.2 Å². The summed E-state index contributed by atoms with van der Waals surface area (Å²) in [6.45, 7) is 0. The van der Waals surface area contributed by atoms with Gasteiger partial charge >= 0.3 is 6.18 Å². The minimum atomic E-state index is -4.64. The Bertz CT molecular complexity index is 1450. The minimum absolute atomic E-state index is 0.110. The Balaban J connectivity index is 1.63. The number of anilines is 1. The standard InChI is InChI=1S/C20H10Cl3F3N2O2S2/c21-11-2-5-17-16(8-11)27-19(31-17)13-4-3-12(9-14(13)22)28-32(29,30)18-6-1-10(7-15(18)23)20(24,25)26/h1-9,28H. The lowest BCUT2D eigenvalue weighted by atomic mass is 10.2. The molecule has 32 heavy (non-hydrogen) atoms. The molecule has 0 amide bonds. The van der Waals surface area contributed by atoms with Crippen molar-refractivity contribution < 1.29 is 21.6 Å². The highest BCUT2D eigenvalue weighted by Gasteiger charge is 2.32. The van der Waals surface area contributed by atoms with Crippen LogP contribution in [0.25, 0.3) is 20.8 Å². The van der Waals surface area contributed by atoms with Gasteiger partial charge in [-0.3, -0.25) is 4.72 Å². The van der Waals surface area contributed by atoms with Crippen LogP contribution in [0, 0.1) is 0 Å². The van der Waals surface area contributed by atoms with Crippen molar-refractivity contribution in [2.75, 3.05) is 4.72 Å². The van der Waals surface area contributed by atoms with Crippen LogP contribution in [-0.4, -0.2) is 13.4 Å². The number of hydrogen-bond donors (Lipinski definition) is 1. The number of nitrogens with zero attached hydrogens (tertiary/aromatic N) is 1. The predicted octanol–water partition coefficient (Wildman–Crippen LogP) is 7.74. The maximum Gasteiger partial charge on any atom is 0.416 e. The number of nitrogens with one attached hydrogen (secondary N) is 1. The van der Waals surface area contributed by atoms with Gasteiger partial charge in [0.15, 0.2) is 0 Å². The number of aromatic nitrogens is 1. The lowest BCUT2D eigenvalue weighted by molar-refractivity contribution is -0.137. The predicted molar refractivity (Wildman–Crippen MR) is 122 cm³/mol. The van der Waals surface area contributed by atoms with E-state index in [-0.39, 0.29) is 10.7 Å². The Morgan fingerprint density at radius 1 is 0.906 bits per heavy atom. The molecule has 0 radical (unpaired) electrons. The molecule has 1 N–H and O–H groups in total. The number of alkyl halides is 3. The first-order chi connectivity index (χ1) is 14.9. The van der Waals surface area contributed by atoms with Crippen LogP contribution in [0.15, 0.2) is 59.5 Å². The molecule has 166 valence electrons. The molecule has 0 spiro atoms. The van der Waals surface area contributed by atoms with Crippen molar-refractivity contribution in [2.45, 2.75) is 11.1 Å².